The molecule has 2 aromatic rings. The maximum absolute atomic E-state index is 12.6. The molecule has 2 aromatic carbocycles. The number of halogens is 1. The number of ether oxygens (including phenoxy) is 2. The summed E-state index contributed by atoms with van der Waals surface area (Å²) in [6.45, 7) is 2.43. The quantitative estimate of drug-likeness (QED) is 0.851. The van der Waals surface area contributed by atoms with E-state index in [4.69, 9.17) is 21.1 Å². The number of carbonyl (C=O) groups excluding carboxylic acids is 1. The molecule has 1 aliphatic rings. The van der Waals surface area contributed by atoms with Gasteiger partial charge in [0.2, 0.25) is 0 Å². The van der Waals surface area contributed by atoms with Gasteiger partial charge in [-0.2, -0.15) is 0 Å². The lowest BCUT2D eigenvalue weighted by molar-refractivity contribution is 0.0932. The fourth-order valence-electron chi connectivity index (χ4n) is 3.22. The fraction of sp³-hybridized carbons (Fsp3) is 0.350. The first-order valence-corrected chi connectivity index (χ1v) is 8.90. The molecule has 1 N–H and O–H groups in total. The average Bonchev–Trinajstić information content (AvgIpc) is 2.63. The van der Waals surface area contributed by atoms with Crippen LogP contribution in [0.5, 0.6) is 11.5 Å². The van der Waals surface area contributed by atoms with Crippen LogP contribution in [0.15, 0.2) is 36.4 Å². The summed E-state index contributed by atoms with van der Waals surface area (Å²) in [5.74, 6) is 1.32. The van der Waals surface area contributed by atoms with E-state index >= 15 is 0 Å². The topological polar surface area (TPSA) is 47.6 Å². The maximum atomic E-state index is 12.6. The van der Waals surface area contributed by atoms with E-state index in [1.165, 1.54) is 5.56 Å². The number of carbonyl (C=O) groups is 1. The highest BCUT2D eigenvalue weighted by Crippen LogP contribution is 2.33. The number of aryl methyl sites for hydroxylation is 1. The zero-order chi connectivity index (χ0) is 17.8. The molecule has 25 heavy (non-hydrogen) atoms. The molecule has 0 saturated carbocycles. The number of amides is 1. The highest BCUT2D eigenvalue weighted by atomic mass is 35.5. The van der Waals surface area contributed by atoms with E-state index in [0.29, 0.717) is 22.9 Å². The molecule has 0 bridgehead atoms. The van der Waals surface area contributed by atoms with Crippen LogP contribution in [-0.4, -0.2) is 19.6 Å². The van der Waals surface area contributed by atoms with Crippen molar-refractivity contribution in [3.8, 4) is 11.5 Å². The van der Waals surface area contributed by atoms with Crippen molar-refractivity contribution in [3.05, 3.63) is 58.1 Å². The molecule has 1 aliphatic carbocycles. The monoisotopic (exact) mass is 359 g/mol. The zero-order valence-electron chi connectivity index (χ0n) is 14.5. The SMILES string of the molecule is CCOc1ccc(C(=O)N[C@H]2CCCc3cc(OC)ccc32)cc1Cl. The molecule has 0 radical (unpaired) electrons. The molecule has 1 atom stereocenters. The summed E-state index contributed by atoms with van der Waals surface area (Å²) in [6.07, 6.45) is 2.97. The molecule has 3 rings (SSSR count). The Bertz CT molecular complexity index is 776. The number of hydrogen-bond donors (Lipinski definition) is 1. The lowest BCUT2D eigenvalue weighted by Gasteiger charge is -2.27. The van der Waals surface area contributed by atoms with E-state index < -0.39 is 0 Å². The first-order valence-electron chi connectivity index (χ1n) is 8.52. The Morgan fingerprint density at radius 1 is 1.28 bits per heavy atom. The van der Waals surface area contributed by atoms with Gasteiger partial charge in [-0.1, -0.05) is 17.7 Å². The summed E-state index contributed by atoms with van der Waals surface area (Å²) in [6, 6.07) is 11.2. The Kier molecular flexibility index (Phi) is 5.49. The van der Waals surface area contributed by atoms with Crippen molar-refractivity contribution in [1.82, 2.24) is 5.32 Å². The van der Waals surface area contributed by atoms with E-state index in [1.807, 2.05) is 19.1 Å². The number of hydrogen-bond acceptors (Lipinski definition) is 3. The molecule has 132 valence electrons. The normalized spacial score (nSPS) is 16.0. The van der Waals surface area contributed by atoms with Crippen molar-refractivity contribution < 1.29 is 14.3 Å². The van der Waals surface area contributed by atoms with Crippen LogP contribution in [0.25, 0.3) is 0 Å². The minimum Gasteiger partial charge on any atom is -0.497 e. The van der Waals surface area contributed by atoms with Gasteiger partial charge in [-0.05, 0) is 67.6 Å². The largest absolute Gasteiger partial charge is 0.497 e. The van der Waals surface area contributed by atoms with Gasteiger partial charge in [-0.25, -0.2) is 0 Å². The van der Waals surface area contributed by atoms with Gasteiger partial charge in [0, 0.05) is 5.56 Å². The number of methoxy groups -OCH3 is 1. The average molecular weight is 360 g/mol. The minimum atomic E-state index is -0.126. The Balaban J connectivity index is 1.77. The Labute approximate surface area is 153 Å². The summed E-state index contributed by atoms with van der Waals surface area (Å²) >= 11 is 6.19. The molecular formula is C20H22ClNO3. The van der Waals surface area contributed by atoms with Crippen LogP contribution in [0.3, 0.4) is 0 Å². The molecule has 0 aliphatic heterocycles. The molecule has 0 aromatic heterocycles. The molecule has 5 heteroatoms. The van der Waals surface area contributed by atoms with Gasteiger partial charge < -0.3 is 14.8 Å². The van der Waals surface area contributed by atoms with Gasteiger partial charge in [-0.3, -0.25) is 4.79 Å². The van der Waals surface area contributed by atoms with Crippen LogP contribution in [-0.2, 0) is 6.42 Å². The molecule has 0 heterocycles. The highest BCUT2D eigenvalue weighted by Gasteiger charge is 2.23. The summed E-state index contributed by atoms with van der Waals surface area (Å²) in [7, 11) is 1.67. The van der Waals surface area contributed by atoms with Crippen molar-refractivity contribution in [2.45, 2.75) is 32.2 Å². The molecule has 0 fully saturated rings. The Morgan fingerprint density at radius 2 is 2.12 bits per heavy atom. The molecule has 0 unspecified atom stereocenters. The van der Waals surface area contributed by atoms with E-state index in [1.54, 1.807) is 25.3 Å². The second-order valence-corrected chi connectivity index (χ2v) is 6.47. The first-order chi connectivity index (χ1) is 12.1. The number of benzene rings is 2. The molecule has 1 amide bonds. The third-order valence-electron chi connectivity index (χ3n) is 4.46. The van der Waals surface area contributed by atoms with Crippen LogP contribution in [0.2, 0.25) is 5.02 Å². The van der Waals surface area contributed by atoms with Crippen molar-refractivity contribution >= 4 is 17.5 Å². The van der Waals surface area contributed by atoms with Gasteiger partial charge in [0.05, 0.1) is 24.8 Å². The lowest BCUT2D eigenvalue weighted by Crippen LogP contribution is -2.31. The molecule has 0 spiro atoms. The van der Waals surface area contributed by atoms with Crippen LogP contribution < -0.4 is 14.8 Å². The Hall–Kier alpha value is -2.20. The number of fused-ring (bicyclic) bond motifs is 1. The maximum Gasteiger partial charge on any atom is 0.251 e. The predicted octanol–water partition coefficient (Wildman–Crippen LogP) is 4.55. The zero-order valence-corrected chi connectivity index (χ0v) is 15.2. The standard InChI is InChI=1S/C20H22ClNO3/c1-3-25-19-10-7-14(12-17(19)21)20(23)22-18-6-4-5-13-11-15(24-2)8-9-16(13)18/h7-12,18H,3-6H2,1-2H3,(H,22,23)/t18-/m0/s1. The third kappa shape index (κ3) is 3.90. The Morgan fingerprint density at radius 3 is 2.84 bits per heavy atom. The summed E-state index contributed by atoms with van der Waals surface area (Å²) in [5, 5.41) is 3.58. The van der Waals surface area contributed by atoms with Gasteiger partial charge >= 0.3 is 0 Å². The fourth-order valence-corrected chi connectivity index (χ4v) is 3.46. The molecule has 4 nitrogen and oxygen atoms in total. The summed E-state index contributed by atoms with van der Waals surface area (Å²) < 4.78 is 10.7. The van der Waals surface area contributed by atoms with Gasteiger partial charge in [0.1, 0.15) is 11.5 Å². The second-order valence-electron chi connectivity index (χ2n) is 6.06. The lowest BCUT2D eigenvalue weighted by atomic mass is 9.87. The predicted molar refractivity (Wildman–Crippen MR) is 98.8 cm³/mol. The van der Waals surface area contributed by atoms with E-state index in [9.17, 15) is 4.79 Å². The first kappa shape index (κ1) is 17.6. The van der Waals surface area contributed by atoms with Crippen LogP contribution >= 0.6 is 11.6 Å². The van der Waals surface area contributed by atoms with Gasteiger partial charge in [-0.15, -0.1) is 0 Å². The van der Waals surface area contributed by atoms with Crippen LogP contribution in [0.4, 0.5) is 0 Å². The molecular weight excluding hydrogens is 338 g/mol. The minimum absolute atomic E-state index is 0.00694. The van der Waals surface area contributed by atoms with Crippen molar-refractivity contribution in [1.29, 1.82) is 0 Å². The van der Waals surface area contributed by atoms with Crippen LogP contribution in [0, 0.1) is 0 Å². The third-order valence-corrected chi connectivity index (χ3v) is 4.76. The number of nitrogens with one attached hydrogen (secondary N) is 1. The van der Waals surface area contributed by atoms with E-state index in [0.717, 1.165) is 30.6 Å². The molecule has 0 saturated heterocycles. The van der Waals surface area contributed by atoms with Gasteiger partial charge in [0.25, 0.3) is 5.91 Å². The van der Waals surface area contributed by atoms with Crippen molar-refractivity contribution in [2.24, 2.45) is 0 Å². The van der Waals surface area contributed by atoms with Crippen molar-refractivity contribution in [2.75, 3.05) is 13.7 Å². The van der Waals surface area contributed by atoms with E-state index in [2.05, 4.69) is 11.4 Å². The van der Waals surface area contributed by atoms with Crippen LogP contribution in [0.1, 0.15) is 47.3 Å². The van der Waals surface area contributed by atoms with Crippen molar-refractivity contribution in [3.63, 3.8) is 0 Å². The number of rotatable bonds is 5. The highest BCUT2D eigenvalue weighted by molar-refractivity contribution is 6.32. The summed E-state index contributed by atoms with van der Waals surface area (Å²) in [4.78, 5) is 12.6. The van der Waals surface area contributed by atoms with E-state index in [-0.39, 0.29) is 11.9 Å². The van der Waals surface area contributed by atoms with Gasteiger partial charge in [0.15, 0.2) is 0 Å². The smallest absolute Gasteiger partial charge is 0.251 e. The summed E-state index contributed by atoms with van der Waals surface area (Å²) in [5.41, 5.74) is 2.94. The second kappa shape index (κ2) is 7.79.